The van der Waals surface area contributed by atoms with Crippen LogP contribution in [0.5, 0.6) is 0 Å². The maximum absolute atomic E-state index is 11.8. The van der Waals surface area contributed by atoms with E-state index >= 15 is 0 Å². The van der Waals surface area contributed by atoms with Crippen LogP contribution in [0.4, 0.5) is 0 Å². The van der Waals surface area contributed by atoms with E-state index in [4.69, 9.17) is 5.26 Å². The molecule has 0 aromatic heterocycles. The monoisotopic (exact) mass is 243 g/mol. The molecule has 2 heterocycles. The average Bonchev–Trinajstić information content (AvgIpc) is 2.55. The fourth-order valence-corrected chi connectivity index (χ4v) is 3.75. The molecule has 0 bridgehead atoms. The lowest BCUT2D eigenvalue weighted by Crippen LogP contribution is -2.40. The summed E-state index contributed by atoms with van der Waals surface area (Å²) in [5, 5.41) is 8.52. The van der Waals surface area contributed by atoms with E-state index in [1.165, 1.54) is 4.31 Å². The number of rotatable bonds is 2. The molecule has 0 amide bonds. The zero-order valence-corrected chi connectivity index (χ0v) is 10.1. The Labute approximate surface area is 96.7 Å². The van der Waals surface area contributed by atoms with Crippen molar-refractivity contribution in [3.8, 4) is 6.07 Å². The summed E-state index contributed by atoms with van der Waals surface area (Å²) < 4.78 is 25.1. The Morgan fingerprint density at radius 2 is 2.00 bits per heavy atom. The first-order valence-corrected chi connectivity index (χ1v) is 7.33. The molecule has 1 atom stereocenters. The first kappa shape index (κ1) is 11.8. The van der Waals surface area contributed by atoms with Crippen molar-refractivity contribution >= 4 is 10.0 Å². The van der Waals surface area contributed by atoms with Gasteiger partial charge in [-0.2, -0.15) is 9.57 Å². The van der Waals surface area contributed by atoms with Gasteiger partial charge in [0.2, 0.25) is 10.0 Å². The standard InChI is InChI=1S/C10H17N3O2S/c11-4-8-16(14,15)13-7-2-6-12-5-1-3-10(12)9-13/h10H,1-3,5-9H2. The van der Waals surface area contributed by atoms with E-state index in [0.717, 1.165) is 32.4 Å². The molecule has 2 aliphatic heterocycles. The fraction of sp³-hybridized carbons (Fsp3) is 0.900. The van der Waals surface area contributed by atoms with Gasteiger partial charge in [-0.3, -0.25) is 4.90 Å². The van der Waals surface area contributed by atoms with Crippen LogP contribution in [0.1, 0.15) is 19.3 Å². The largest absolute Gasteiger partial charge is 0.299 e. The highest BCUT2D eigenvalue weighted by molar-refractivity contribution is 7.89. The molecular formula is C10H17N3O2S. The number of nitrogens with zero attached hydrogens (tertiary/aromatic N) is 3. The Morgan fingerprint density at radius 3 is 2.75 bits per heavy atom. The third kappa shape index (κ3) is 2.37. The highest BCUT2D eigenvalue weighted by Gasteiger charge is 2.33. The van der Waals surface area contributed by atoms with Crippen LogP contribution in [-0.4, -0.2) is 55.6 Å². The van der Waals surface area contributed by atoms with Crippen molar-refractivity contribution in [3.05, 3.63) is 0 Å². The maximum Gasteiger partial charge on any atom is 0.227 e. The van der Waals surface area contributed by atoms with Crippen molar-refractivity contribution < 1.29 is 8.42 Å². The van der Waals surface area contributed by atoms with Crippen LogP contribution < -0.4 is 0 Å². The molecule has 0 N–H and O–H groups in total. The molecule has 6 heteroatoms. The Morgan fingerprint density at radius 1 is 1.25 bits per heavy atom. The number of fused-ring (bicyclic) bond motifs is 1. The molecule has 2 fully saturated rings. The van der Waals surface area contributed by atoms with Crippen LogP contribution in [0.3, 0.4) is 0 Å². The molecule has 2 aliphatic rings. The Balaban J connectivity index is 2.09. The predicted molar refractivity (Wildman–Crippen MR) is 60.2 cm³/mol. The van der Waals surface area contributed by atoms with Gasteiger partial charge in [-0.25, -0.2) is 8.42 Å². The lowest BCUT2D eigenvalue weighted by atomic mass is 10.2. The molecule has 0 radical (unpaired) electrons. The molecule has 5 nitrogen and oxygen atoms in total. The average molecular weight is 243 g/mol. The van der Waals surface area contributed by atoms with Gasteiger partial charge in [-0.15, -0.1) is 0 Å². The number of hydrogen-bond donors (Lipinski definition) is 0. The Hall–Kier alpha value is -0.640. The molecule has 0 aromatic rings. The molecule has 0 aliphatic carbocycles. The second-order valence-electron chi connectivity index (χ2n) is 4.46. The smallest absolute Gasteiger partial charge is 0.227 e. The molecular weight excluding hydrogens is 226 g/mol. The second-order valence-corrected chi connectivity index (χ2v) is 6.43. The third-order valence-corrected chi connectivity index (χ3v) is 5.02. The minimum Gasteiger partial charge on any atom is -0.299 e. The molecule has 90 valence electrons. The van der Waals surface area contributed by atoms with Crippen LogP contribution >= 0.6 is 0 Å². The molecule has 16 heavy (non-hydrogen) atoms. The van der Waals surface area contributed by atoms with E-state index in [-0.39, 0.29) is 5.75 Å². The summed E-state index contributed by atoms with van der Waals surface area (Å²) in [4.78, 5) is 2.38. The minimum absolute atomic E-state index is 0.371. The number of nitriles is 1. The van der Waals surface area contributed by atoms with Crippen molar-refractivity contribution in [2.24, 2.45) is 0 Å². The van der Waals surface area contributed by atoms with Crippen LogP contribution in [0.15, 0.2) is 0 Å². The van der Waals surface area contributed by atoms with E-state index in [0.29, 0.717) is 19.1 Å². The van der Waals surface area contributed by atoms with Gasteiger partial charge in [0, 0.05) is 19.1 Å². The van der Waals surface area contributed by atoms with Gasteiger partial charge in [0.15, 0.2) is 5.75 Å². The van der Waals surface area contributed by atoms with E-state index in [1.807, 2.05) is 0 Å². The van der Waals surface area contributed by atoms with E-state index in [1.54, 1.807) is 6.07 Å². The van der Waals surface area contributed by atoms with Crippen molar-refractivity contribution in [2.45, 2.75) is 25.3 Å². The lowest BCUT2D eigenvalue weighted by Gasteiger charge is -2.24. The summed E-state index contributed by atoms with van der Waals surface area (Å²) in [6.45, 7) is 3.22. The zero-order valence-electron chi connectivity index (χ0n) is 9.30. The van der Waals surface area contributed by atoms with Gasteiger partial charge in [-0.1, -0.05) is 0 Å². The Bertz CT molecular complexity index is 387. The van der Waals surface area contributed by atoms with E-state index in [9.17, 15) is 8.42 Å². The third-order valence-electron chi connectivity index (χ3n) is 3.41. The second kappa shape index (κ2) is 4.70. The maximum atomic E-state index is 11.8. The summed E-state index contributed by atoms with van der Waals surface area (Å²) in [5.41, 5.74) is 0. The number of hydrogen-bond acceptors (Lipinski definition) is 4. The van der Waals surface area contributed by atoms with Crippen LogP contribution in [0, 0.1) is 11.3 Å². The van der Waals surface area contributed by atoms with Gasteiger partial charge in [0.05, 0.1) is 6.07 Å². The topological polar surface area (TPSA) is 64.4 Å². The molecule has 0 aromatic carbocycles. The molecule has 1 unspecified atom stereocenters. The minimum atomic E-state index is -3.35. The van der Waals surface area contributed by atoms with Crippen molar-refractivity contribution in [3.63, 3.8) is 0 Å². The highest BCUT2D eigenvalue weighted by atomic mass is 32.2. The summed E-state index contributed by atoms with van der Waals surface area (Å²) in [5.74, 6) is -0.389. The van der Waals surface area contributed by atoms with Gasteiger partial charge in [0.1, 0.15) is 0 Å². The van der Waals surface area contributed by atoms with Gasteiger partial charge in [-0.05, 0) is 32.4 Å². The normalized spacial score (nSPS) is 28.3. The predicted octanol–water partition coefficient (Wildman–Crippen LogP) is 0.00988. The zero-order chi connectivity index (χ0) is 11.6. The first-order valence-electron chi connectivity index (χ1n) is 5.72. The number of sulfonamides is 1. The quantitative estimate of drug-likeness (QED) is 0.685. The Kier molecular flexibility index (Phi) is 3.47. The first-order chi connectivity index (χ1) is 7.63. The van der Waals surface area contributed by atoms with E-state index < -0.39 is 10.0 Å². The fourth-order valence-electron chi connectivity index (χ4n) is 2.60. The summed E-state index contributed by atoms with van der Waals surface area (Å²) in [6, 6.07) is 2.11. The molecule has 0 spiro atoms. The van der Waals surface area contributed by atoms with Crippen molar-refractivity contribution in [1.82, 2.24) is 9.21 Å². The molecule has 0 saturated carbocycles. The van der Waals surface area contributed by atoms with Crippen LogP contribution in [0.2, 0.25) is 0 Å². The van der Waals surface area contributed by atoms with Gasteiger partial charge in [0.25, 0.3) is 0 Å². The van der Waals surface area contributed by atoms with Crippen LogP contribution in [0.25, 0.3) is 0 Å². The molecule has 2 rings (SSSR count). The van der Waals surface area contributed by atoms with Crippen molar-refractivity contribution in [2.75, 3.05) is 31.9 Å². The summed E-state index contributed by atoms with van der Waals surface area (Å²) >= 11 is 0. The van der Waals surface area contributed by atoms with E-state index in [2.05, 4.69) is 4.90 Å². The summed E-state index contributed by atoms with van der Waals surface area (Å²) in [7, 11) is -3.35. The SMILES string of the molecule is N#CCS(=O)(=O)N1CCCN2CCCC2C1. The lowest BCUT2D eigenvalue weighted by molar-refractivity contribution is 0.258. The van der Waals surface area contributed by atoms with Crippen molar-refractivity contribution in [1.29, 1.82) is 5.26 Å². The van der Waals surface area contributed by atoms with Crippen LogP contribution in [-0.2, 0) is 10.0 Å². The molecule has 2 saturated heterocycles. The van der Waals surface area contributed by atoms with Gasteiger partial charge < -0.3 is 0 Å². The highest BCUT2D eigenvalue weighted by Crippen LogP contribution is 2.22. The van der Waals surface area contributed by atoms with Gasteiger partial charge >= 0.3 is 0 Å². The summed E-state index contributed by atoms with van der Waals surface area (Å²) in [6.07, 6.45) is 3.12.